The SMILES string of the molecule is C=CCOCCOCCOCCOC[C@@]12CO[C@@H](O1)[C@H](NC(C)=O)[C@H]1OC(C)(C)O[C@H]12. The largest absolute Gasteiger partial charge is 0.377 e. The van der Waals surface area contributed by atoms with E-state index in [9.17, 15) is 4.79 Å². The Bertz CT molecular complexity index is 601. The molecule has 3 rings (SSSR count). The highest BCUT2D eigenvalue weighted by Gasteiger charge is 2.66. The van der Waals surface area contributed by atoms with Gasteiger partial charge in [0.05, 0.1) is 59.5 Å². The van der Waals surface area contributed by atoms with Gasteiger partial charge in [-0.3, -0.25) is 4.79 Å². The number of ether oxygens (including phenoxy) is 8. The molecule has 3 saturated heterocycles. The van der Waals surface area contributed by atoms with Crippen LogP contribution < -0.4 is 5.32 Å². The number of hydrogen-bond acceptors (Lipinski definition) is 9. The summed E-state index contributed by atoms with van der Waals surface area (Å²) in [6.07, 6.45) is 0.297. The Morgan fingerprint density at radius 1 is 1.03 bits per heavy atom. The Hall–Kier alpha value is -1.11. The lowest BCUT2D eigenvalue weighted by atomic mass is 9.88. The van der Waals surface area contributed by atoms with E-state index in [1.54, 1.807) is 6.08 Å². The number of fused-ring (bicyclic) bond motifs is 4. The Morgan fingerprint density at radius 3 is 2.32 bits per heavy atom. The zero-order valence-electron chi connectivity index (χ0n) is 18.6. The van der Waals surface area contributed by atoms with Crippen molar-refractivity contribution in [3.63, 3.8) is 0 Å². The normalized spacial score (nSPS) is 33.3. The summed E-state index contributed by atoms with van der Waals surface area (Å²) in [5.74, 6) is -0.961. The molecule has 0 saturated carbocycles. The van der Waals surface area contributed by atoms with Gasteiger partial charge in [-0.05, 0) is 13.8 Å². The van der Waals surface area contributed by atoms with E-state index in [0.29, 0.717) is 52.9 Å². The zero-order valence-corrected chi connectivity index (χ0v) is 18.6. The summed E-state index contributed by atoms with van der Waals surface area (Å²) in [5, 5.41) is 2.87. The van der Waals surface area contributed by atoms with Crippen LogP contribution in [0.4, 0.5) is 0 Å². The van der Waals surface area contributed by atoms with Crippen molar-refractivity contribution in [3.8, 4) is 0 Å². The van der Waals surface area contributed by atoms with Gasteiger partial charge in [-0.25, -0.2) is 0 Å². The number of hydrogen-bond donors (Lipinski definition) is 1. The lowest BCUT2D eigenvalue weighted by molar-refractivity contribution is -0.214. The molecule has 0 aromatic heterocycles. The summed E-state index contributed by atoms with van der Waals surface area (Å²) >= 11 is 0. The van der Waals surface area contributed by atoms with Crippen LogP contribution in [0.25, 0.3) is 0 Å². The first kappa shape index (κ1) is 24.5. The second-order valence-electron chi connectivity index (χ2n) is 8.25. The number of carbonyl (C=O) groups is 1. The second kappa shape index (κ2) is 11.2. The maximum Gasteiger partial charge on any atom is 0.217 e. The number of amides is 1. The molecule has 2 bridgehead atoms. The molecule has 0 aromatic rings. The fourth-order valence-corrected chi connectivity index (χ4v) is 3.97. The molecule has 1 amide bonds. The lowest BCUT2D eigenvalue weighted by Gasteiger charge is -2.42. The Balaban J connectivity index is 1.38. The predicted octanol–water partition coefficient (Wildman–Crippen LogP) is 0.389. The minimum Gasteiger partial charge on any atom is -0.377 e. The number of carbonyl (C=O) groups excluding carboxylic acids is 1. The van der Waals surface area contributed by atoms with E-state index < -0.39 is 29.8 Å². The Morgan fingerprint density at radius 2 is 1.68 bits per heavy atom. The van der Waals surface area contributed by atoms with Crippen LogP contribution in [0, 0.1) is 0 Å². The molecule has 0 unspecified atom stereocenters. The van der Waals surface area contributed by atoms with Crippen molar-refractivity contribution in [3.05, 3.63) is 12.7 Å². The standard InChI is InChI=1S/C21H35NO9/c1-5-6-24-7-8-25-9-10-26-11-12-27-13-21-14-28-19(31-21)16(22-15(2)23)17-18(21)30-20(3,4)29-17/h5,16-19H,1,6-14H2,2-4H3,(H,22,23)/t16-,17-,18-,19+,21+/m1/s1. The smallest absolute Gasteiger partial charge is 0.217 e. The van der Waals surface area contributed by atoms with Gasteiger partial charge < -0.3 is 43.2 Å². The molecular weight excluding hydrogens is 410 g/mol. The molecule has 5 atom stereocenters. The maximum atomic E-state index is 11.6. The van der Waals surface area contributed by atoms with Crippen LogP contribution in [0.5, 0.6) is 0 Å². The van der Waals surface area contributed by atoms with E-state index in [1.807, 2.05) is 13.8 Å². The maximum absolute atomic E-state index is 11.6. The third-order valence-corrected chi connectivity index (χ3v) is 5.21. The van der Waals surface area contributed by atoms with E-state index in [2.05, 4.69) is 11.9 Å². The van der Waals surface area contributed by atoms with Gasteiger partial charge in [0.25, 0.3) is 0 Å². The van der Waals surface area contributed by atoms with E-state index in [-0.39, 0.29) is 18.6 Å². The van der Waals surface area contributed by atoms with Gasteiger partial charge in [0.1, 0.15) is 23.9 Å². The molecular formula is C21H35NO9. The summed E-state index contributed by atoms with van der Waals surface area (Å²) in [6, 6.07) is -0.439. The van der Waals surface area contributed by atoms with E-state index in [1.165, 1.54) is 6.92 Å². The first-order chi connectivity index (χ1) is 14.9. The Labute approximate surface area is 183 Å². The van der Waals surface area contributed by atoms with E-state index >= 15 is 0 Å². The average molecular weight is 446 g/mol. The molecule has 31 heavy (non-hydrogen) atoms. The topological polar surface area (TPSA) is 103 Å². The first-order valence-electron chi connectivity index (χ1n) is 10.7. The fraction of sp³-hybridized carbons (Fsp3) is 0.857. The highest BCUT2D eigenvalue weighted by Crippen LogP contribution is 2.46. The van der Waals surface area contributed by atoms with Crippen molar-refractivity contribution in [2.24, 2.45) is 0 Å². The Kier molecular flexibility index (Phi) is 8.82. The third-order valence-electron chi connectivity index (χ3n) is 5.21. The molecule has 3 aliphatic rings. The molecule has 0 spiro atoms. The van der Waals surface area contributed by atoms with Gasteiger partial charge in [-0.15, -0.1) is 6.58 Å². The third kappa shape index (κ3) is 6.45. The van der Waals surface area contributed by atoms with Gasteiger partial charge in [-0.2, -0.15) is 0 Å². The summed E-state index contributed by atoms with van der Waals surface area (Å²) < 4.78 is 46.2. The lowest BCUT2D eigenvalue weighted by Crippen LogP contribution is -2.65. The molecule has 3 aliphatic heterocycles. The molecule has 10 heteroatoms. The van der Waals surface area contributed by atoms with Gasteiger partial charge >= 0.3 is 0 Å². The van der Waals surface area contributed by atoms with Crippen molar-refractivity contribution >= 4 is 5.91 Å². The summed E-state index contributed by atoms with van der Waals surface area (Å²) in [7, 11) is 0. The van der Waals surface area contributed by atoms with Crippen LogP contribution in [-0.2, 0) is 42.7 Å². The van der Waals surface area contributed by atoms with Crippen molar-refractivity contribution in [2.45, 2.75) is 56.7 Å². The van der Waals surface area contributed by atoms with Crippen LogP contribution in [0.3, 0.4) is 0 Å². The summed E-state index contributed by atoms with van der Waals surface area (Å²) in [6.45, 7) is 12.7. The summed E-state index contributed by atoms with van der Waals surface area (Å²) in [4.78, 5) is 11.6. The van der Waals surface area contributed by atoms with Crippen molar-refractivity contribution < 1.29 is 42.7 Å². The minimum atomic E-state index is -0.785. The monoisotopic (exact) mass is 445 g/mol. The fourth-order valence-electron chi connectivity index (χ4n) is 3.97. The van der Waals surface area contributed by atoms with Crippen molar-refractivity contribution in [1.82, 2.24) is 5.32 Å². The first-order valence-corrected chi connectivity index (χ1v) is 10.7. The predicted molar refractivity (Wildman–Crippen MR) is 108 cm³/mol. The molecule has 0 radical (unpaired) electrons. The van der Waals surface area contributed by atoms with Gasteiger partial charge in [-0.1, -0.05) is 6.08 Å². The van der Waals surface area contributed by atoms with Gasteiger partial charge in [0.15, 0.2) is 12.1 Å². The van der Waals surface area contributed by atoms with Crippen LogP contribution in [0.15, 0.2) is 12.7 Å². The number of nitrogens with one attached hydrogen (secondary N) is 1. The van der Waals surface area contributed by atoms with Gasteiger partial charge in [0.2, 0.25) is 5.91 Å². The van der Waals surface area contributed by atoms with Crippen molar-refractivity contribution in [1.29, 1.82) is 0 Å². The molecule has 0 aliphatic carbocycles. The zero-order chi connectivity index (χ0) is 22.3. The van der Waals surface area contributed by atoms with Crippen LogP contribution in [0.1, 0.15) is 20.8 Å². The molecule has 1 N–H and O–H groups in total. The average Bonchev–Trinajstić information content (AvgIpc) is 3.26. The number of rotatable bonds is 14. The summed E-state index contributed by atoms with van der Waals surface area (Å²) in [5.41, 5.74) is -0.785. The molecule has 3 fully saturated rings. The second-order valence-corrected chi connectivity index (χ2v) is 8.25. The molecule has 0 aromatic carbocycles. The highest BCUT2D eigenvalue weighted by atomic mass is 16.8. The molecule has 178 valence electrons. The molecule has 3 heterocycles. The van der Waals surface area contributed by atoms with E-state index in [0.717, 1.165) is 0 Å². The van der Waals surface area contributed by atoms with Crippen LogP contribution in [0.2, 0.25) is 0 Å². The van der Waals surface area contributed by atoms with E-state index in [4.69, 9.17) is 37.9 Å². The molecule has 10 nitrogen and oxygen atoms in total. The minimum absolute atomic E-state index is 0.176. The van der Waals surface area contributed by atoms with Crippen LogP contribution in [-0.4, -0.2) is 101 Å². The highest BCUT2D eigenvalue weighted by molar-refractivity contribution is 5.73. The van der Waals surface area contributed by atoms with Gasteiger partial charge in [0, 0.05) is 6.92 Å². The van der Waals surface area contributed by atoms with Crippen LogP contribution >= 0.6 is 0 Å². The van der Waals surface area contributed by atoms with Crippen molar-refractivity contribution in [2.75, 3.05) is 59.5 Å². The quantitative estimate of drug-likeness (QED) is 0.300.